The molecule has 0 saturated heterocycles. The van der Waals surface area contributed by atoms with E-state index in [0.717, 1.165) is 6.42 Å². The molecule has 0 fully saturated rings. The Morgan fingerprint density at radius 1 is 1.30 bits per heavy atom. The first-order valence-corrected chi connectivity index (χ1v) is 7.90. The topological polar surface area (TPSA) is 90.2 Å². The summed E-state index contributed by atoms with van der Waals surface area (Å²) in [6.07, 6.45) is 1.38. The first-order chi connectivity index (χ1) is 9.30. The summed E-state index contributed by atoms with van der Waals surface area (Å²) in [7, 11) is -3.57. The van der Waals surface area contributed by atoms with E-state index in [2.05, 4.69) is 4.72 Å². The van der Waals surface area contributed by atoms with Crippen LogP contribution in [0.15, 0.2) is 29.2 Å². The third kappa shape index (κ3) is 4.93. The highest BCUT2D eigenvalue weighted by Crippen LogP contribution is 2.22. The fourth-order valence-electron chi connectivity index (χ4n) is 1.73. The zero-order valence-corrected chi connectivity index (χ0v) is 12.6. The van der Waals surface area contributed by atoms with Crippen molar-refractivity contribution >= 4 is 10.0 Å². The normalized spacial score (nSPS) is 12.1. The third-order valence-corrected chi connectivity index (χ3v) is 4.46. The maximum absolute atomic E-state index is 12.1. The molecule has 0 saturated carbocycles. The predicted molar refractivity (Wildman–Crippen MR) is 76.4 cm³/mol. The summed E-state index contributed by atoms with van der Waals surface area (Å²) in [4.78, 5) is 0.148. The van der Waals surface area contributed by atoms with E-state index in [1.807, 2.05) is 19.9 Å². The highest BCUT2D eigenvalue weighted by atomic mass is 32.2. The van der Waals surface area contributed by atoms with E-state index in [1.54, 1.807) is 0 Å². The summed E-state index contributed by atoms with van der Waals surface area (Å²) < 4.78 is 26.8. The van der Waals surface area contributed by atoms with Gasteiger partial charge in [-0.2, -0.15) is 5.26 Å². The summed E-state index contributed by atoms with van der Waals surface area (Å²) in [5.41, 5.74) is 0.204. The molecule has 1 aromatic rings. The number of benzene rings is 1. The van der Waals surface area contributed by atoms with Gasteiger partial charge in [-0.15, -0.1) is 0 Å². The molecule has 110 valence electrons. The van der Waals surface area contributed by atoms with Crippen molar-refractivity contribution in [2.45, 2.75) is 31.6 Å². The zero-order valence-electron chi connectivity index (χ0n) is 11.8. The molecule has 0 heterocycles. The average Bonchev–Trinajstić information content (AvgIpc) is 2.43. The number of sulfonamides is 1. The number of rotatable bonds is 7. The fourth-order valence-corrected chi connectivity index (χ4v) is 2.97. The van der Waals surface area contributed by atoms with E-state index in [-0.39, 0.29) is 16.9 Å². The molecule has 1 rings (SSSR count). The van der Waals surface area contributed by atoms with Crippen molar-refractivity contribution in [3.63, 3.8) is 0 Å². The first kappa shape index (κ1) is 16.6. The Hall–Kier alpha value is -1.42. The summed E-state index contributed by atoms with van der Waals surface area (Å²) in [6.45, 7) is 4.30. The molecule has 0 radical (unpaired) electrons. The van der Waals surface area contributed by atoms with Crippen molar-refractivity contribution in [2.75, 3.05) is 13.2 Å². The van der Waals surface area contributed by atoms with Crippen LogP contribution in [0.2, 0.25) is 0 Å². The standard InChI is InChI=1S/C14H20N2O3S/c1-14(2,8-3-9-17)11-16-20(18,19)13-6-4-12(10-15)5-7-13/h4-7,16-17H,3,8-9,11H2,1-2H3. The zero-order chi connectivity index (χ0) is 15.2. The van der Waals surface area contributed by atoms with Crippen molar-refractivity contribution in [3.8, 4) is 6.07 Å². The highest BCUT2D eigenvalue weighted by molar-refractivity contribution is 7.89. The van der Waals surface area contributed by atoms with Crippen LogP contribution in [0.4, 0.5) is 0 Å². The van der Waals surface area contributed by atoms with Crippen molar-refractivity contribution in [2.24, 2.45) is 5.41 Å². The molecule has 0 aliphatic carbocycles. The van der Waals surface area contributed by atoms with Crippen LogP contribution < -0.4 is 4.72 Å². The lowest BCUT2D eigenvalue weighted by Gasteiger charge is -2.24. The van der Waals surface area contributed by atoms with E-state index in [1.165, 1.54) is 24.3 Å². The SMILES string of the molecule is CC(C)(CCCO)CNS(=O)(=O)c1ccc(C#N)cc1. The molecular formula is C14H20N2O3S. The maximum Gasteiger partial charge on any atom is 0.240 e. The number of nitriles is 1. The molecule has 0 aromatic heterocycles. The van der Waals surface area contributed by atoms with Gasteiger partial charge in [0.15, 0.2) is 0 Å². The second-order valence-electron chi connectivity index (χ2n) is 5.45. The Morgan fingerprint density at radius 2 is 1.90 bits per heavy atom. The average molecular weight is 296 g/mol. The number of aliphatic hydroxyl groups is 1. The molecule has 6 heteroatoms. The van der Waals surface area contributed by atoms with Crippen LogP contribution in [0.3, 0.4) is 0 Å². The van der Waals surface area contributed by atoms with Gasteiger partial charge in [0.25, 0.3) is 0 Å². The molecule has 0 aliphatic heterocycles. The third-order valence-electron chi connectivity index (χ3n) is 3.05. The molecule has 0 bridgehead atoms. The molecule has 5 nitrogen and oxygen atoms in total. The van der Waals surface area contributed by atoms with Crippen LogP contribution in [-0.2, 0) is 10.0 Å². The molecular weight excluding hydrogens is 276 g/mol. The monoisotopic (exact) mass is 296 g/mol. The smallest absolute Gasteiger partial charge is 0.240 e. The van der Waals surface area contributed by atoms with E-state index in [4.69, 9.17) is 10.4 Å². The minimum absolute atomic E-state index is 0.103. The van der Waals surface area contributed by atoms with Crippen LogP contribution in [0.25, 0.3) is 0 Å². The number of nitrogens with one attached hydrogen (secondary N) is 1. The summed E-state index contributed by atoms with van der Waals surface area (Å²) >= 11 is 0. The maximum atomic E-state index is 12.1. The van der Waals surface area contributed by atoms with Gasteiger partial charge >= 0.3 is 0 Å². The lowest BCUT2D eigenvalue weighted by atomic mass is 9.88. The fraction of sp³-hybridized carbons (Fsp3) is 0.500. The molecule has 0 aliphatic rings. The Balaban J connectivity index is 2.72. The number of nitrogens with zero attached hydrogens (tertiary/aromatic N) is 1. The summed E-state index contributed by atoms with van der Waals surface area (Å²) in [5.74, 6) is 0. The van der Waals surface area contributed by atoms with Gasteiger partial charge in [-0.3, -0.25) is 0 Å². The van der Waals surface area contributed by atoms with Crippen molar-refractivity contribution in [1.82, 2.24) is 4.72 Å². The van der Waals surface area contributed by atoms with E-state index in [0.29, 0.717) is 18.5 Å². The van der Waals surface area contributed by atoms with Crippen molar-refractivity contribution in [1.29, 1.82) is 5.26 Å². The van der Waals surface area contributed by atoms with Gasteiger partial charge in [0, 0.05) is 13.2 Å². The molecule has 2 N–H and O–H groups in total. The minimum Gasteiger partial charge on any atom is -0.396 e. The van der Waals surface area contributed by atoms with Gasteiger partial charge in [-0.25, -0.2) is 13.1 Å². The lowest BCUT2D eigenvalue weighted by Crippen LogP contribution is -2.34. The molecule has 0 atom stereocenters. The molecule has 0 spiro atoms. The largest absolute Gasteiger partial charge is 0.396 e. The van der Waals surface area contributed by atoms with Gasteiger partial charge in [0.05, 0.1) is 16.5 Å². The second-order valence-corrected chi connectivity index (χ2v) is 7.22. The van der Waals surface area contributed by atoms with Crippen LogP contribution in [-0.4, -0.2) is 26.7 Å². The van der Waals surface area contributed by atoms with Gasteiger partial charge in [-0.1, -0.05) is 13.8 Å². The second kappa shape index (κ2) is 6.84. The van der Waals surface area contributed by atoms with E-state index in [9.17, 15) is 8.42 Å². The quantitative estimate of drug-likeness (QED) is 0.800. The first-order valence-electron chi connectivity index (χ1n) is 6.41. The van der Waals surface area contributed by atoms with Gasteiger partial charge in [0.1, 0.15) is 0 Å². The highest BCUT2D eigenvalue weighted by Gasteiger charge is 2.21. The summed E-state index contributed by atoms with van der Waals surface area (Å²) in [6, 6.07) is 7.74. The Labute approximate surface area is 120 Å². The van der Waals surface area contributed by atoms with Crippen LogP contribution in [0.1, 0.15) is 32.3 Å². The van der Waals surface area contributed by atoms with Gasteiger partial charge < -0.3 is 5.11 Å². The summed E-state index contributed by atoms with van der Waals surface area (Å²) in [5, 5.41) is 17.5. The van der Waals surface area contributed by atoms with Crippen LogP contribution in [0.5, 0.6) is 0 Å². The Morgan fingerprint density at radius 3 is 2.40 bits per heavy atom. The number of hydrogen-bond donors (Lipinski definition) is 2. The van der Waals surface area contributed by atoms with E-state index >= 15 is 0 Å². The van der Waals surface area contributed by atoms with Crippen LogP contribution >= 0.6 is 0 Å². The van der Waals surface area contributed by atoms with Crippen LogP contribution in [0, 0.1) is 16.7 Å². The van der Waals surface area contributed by atoms with Gasteiger partial charge in [-0.05, 0) is 42.5 Å². The molecule has 0 amide bonds. The Bertz CT molecular complexity index is 571. The number of aliphatic hydroxyl groups excluding tert-OH is 1. The Kier molecular flexibility index (Phi) is 5.69. The molecule has 1 aromatic carbocycles. The minimum atomic E-state index is -3.57. The predicted octanol–water partition coefficient (Wildman–Crippen LogP) is 1.64. The number of hydrogen-bond acceptors (Lipinski definition) is 4. The van der Waals surface area contributed by atoms with Crippen molar-refractivity contribution in [3.05, 3.63) is 29.8 Å². The molecule has 0 unspecified atom stereocenters. The lowest BCUT2D eigenvalue weighted by molar-refractivity contribution is 0.242. The molecule has 20 heavy (non-hydrogen) atoms. The van der Waals surface area contributed by atoms with Gasteiger partial charge in [0.2, 0.25) is 10.0 Å². The van der Waals surface area contributed by atoms with E-state index < -0.39 is 10.0 Å². The van der Waals surface area contributed by atoms with Crippen molar-refractivity contribution < 1.29 is 13.5 Å².